The number of para-hydroxylation sites is 2. The fraction of sp³-hybridized carbons (Fsp3) is 0.368. The van der Waals surface area contributed by atoms with Crippen LogP contribution in [0.25, 0.3) is 11.0 Å². The first-order valence-corrected chi connectivity index (χ1v) is 10.0. The minimum absolute atomic E-state index is 0.0161. The molecule has 4 heterocycles. The topological polar surface area (TPSA) is 57.9 Å². The van der Waals surface area contributed by atoms with Crippen LogP contribution in [0.3, 0.4) is 0 Å². The average Bonchev–Trinajstić information content (AvgIpc) is 3.36. The van der Waals surface area contributed by atoms with Gasteiger partial charge >= 0.3 is 0 Å². The summed E-state index contributed by atoms with van der Waals surface area (Å²) in [5.41, 5.74) is 2.14. The zero-order valence-electron chi connectivity index (χ0n) is 15.2. The second kappa shape index (κ2) is 6.95. The van der Waals surface area contributed by atoms with Crippen LogP contribution in [-0.2, 0) is 4.74 Å². The van der Waals surface area contributed by atoms with E-state index in [1.807, 2.05) is 6.07 Å². The Morgan fingerprint density at radius 2 is 2.19 bits per heavy atom. The Morgan fingerprint density at radius 3 is 3.04 bits per heavy atom. The quantitative estimate of drug-likeness (QED) is 0.688. The number of aliphatic imine (C=N–C) groups is 1. The highest BCUT2D eigenvalue weighted by molar-refractivity contribution is 7.10. The zero-order chi connectivity index (χ0) is 18.2. The van der Waals surface area contributed by atoms with Crippen LogP contribution in [0.5, 0.6) is 0 Å². The number of hydrogen-bond donors (Lipinski definition) is 1. The fourth-order valence-electron chi connectivity index (χ4n) is 3.73. The highest BCUT2D eigenvalue weighted by Gasteiger charge is 2.35. The number of rotatable bonds is 5. The number of anilines is 1. The van der Waals surface area contributed by atoms with E-state index in [2.05, 4.69) is 55.4 Å². The van der Waals surface area contributed by atoms with Gasteiger partial charge < -0.3 is 10.1 Å². The third kappa shape index (κ3) is 2.90. The number of thiophene rings is 1. The normalized spacial score (nSPS) is 19.5. The summed E-state index contributed by atoms with van der Waals surface area (Å²) < 4.78 is 7.48. The standard InChI is InChI=1S/C19H22N6OS/c1-26-10-5-9-23-12-20-18-22-17(16-8-4-11-27-16)25-15-7-3-2-6-14(15)21-19(25)24(18)13-23/h2-4,6-8,11,17H,5,9-10,12-13H2,1H3,(H,20,22)/t17-/m0/s1. The molecule has 0 radical (unpaired) electrons. The molecular formula is C19H22N6OS. The molecule has 0 saturated carbocycles. The third-order valence-corrected chi connectivity index (χ3v) is 5.92. The van der Waals surface area contributed by atoms with Gasteiger partial charge in [0.1, 0.15) is 6.17 Å². The molecule has 0 aliphatic carbocycles. The summed E-state index contributed by atoms with van der Waals surface area (Å²) in [6, 6.07) is 12.6. The lowest BCUT2D eigenvalue weighted by atomic mass is 10.3. The number of methoxy groups -OCH3 is 1. The maximum atomic E-state index is 5.19. The van der Waals surface area contributed by atoms with Gasteiger partial charge in [0, 0.05) is 25.1 Å². The first kappa shape index (κ1) is 16.7. The van der Waals surface area contributed by atoms with Gasteiger partial charge in [-0.05, 0) is 30.0 Å². The molecule has 7 nitrogen and oxygen atoms in total. The molecule has 0 saturated heterocycles. The van der Waals surface area contributed by atoms with Crippen LogP contribution in [-0.4, -0.2) is 54.0 Å². The molecule has 3 aromatic rings. The number of fused-ring (bicyclic) bond motifs is 5. The SMILES string of the molecule is COCCCN1CN=C2N[C@H](c3cccs3)n3c(nc4ccccc43)N2C1. The molecule has 5 rings (SSSR count). The molecule has 2 aliphatic rings. The van der Waals surface area contributed by atoms with Gasteiger partial charge in [-0.15, -0.1) is 11.3 Å². The summed E-state index contributed by atoms with van der Waals surface area (Å²) in [5, 5.41) is 5.75. The lowest BCUT2D eigenvalue weighted by molar-refractivity contribution is 0.171. The minimum Gasteiger partial charge on any atom is -0.385 e. The van der Waals surface area contributed by atoms with E-state index in [0.29, 0.717) is 6.67 Å². The van der Waals surface area contributed by atoms with Crippen molar-refractivity contribution in [1.29, 1.82) is 0 Å². The molecule has 2 aliphatic heterocycles. The minimum atomic E-state index is 0.0161. The highest BCUT2D eigenvalue weighted by atomic mass is 32.1. The molecule has 2 aromatic heterocycles. The number of ether oxygens (including phenoxy) is 1. The first-order valence-electron chi connectivity index (χ1n) is 9.15. The average molecular weight is 382 g/mol. The molecule has 8 heteroatoms. The van der Waals surface area contributed by atoms with E-state index in [4.69, 9.17) is 14.7 Å². The zero-order valence-corrected chi connectivity index (χ0v) is 16.0. The summed E-state index contributed by atoms with van der Waals surface area (Å²) in [5.74, 6) is 1.85. The second-order valence-corrected chi connectivity index (χ2v) is 7.75. The molecule has 1 aromatic carbocycles. The van der Waals surface area contributed by atoms with Crippen LogP contribution >= 0.6 is 11.3 Å². The number of benzene rings is 1. The third-order valence-electron chi connectivity index (χ3n) is 5.00. The number of aromatic nitrogens is 2. The van der Waals surface area contributed by atoms with Crippen molar-refractivity contribution in [3.8, 4) is 0 Å². The van der Waals surface area contributed by atoms with E-state index in [1.165, 1.54) is 4.88 Å². The molecule has 0 amide bonds. The van der Waals surface area contributed by atoms with Crippen LogP contribution in [0.1, 0.15) is 17.5 Å². The second-order valence-electron chi connectivity index (χ2n) is 6.77. The van der Waals surface area contributed by atoms with E-state index >= 15 is 0 Å². The summed E-state index contributed by atoms with van der Waals surface area (Å²) in [4.78, 5) is 15.5. The lowest BCUT2D eigenvalue weighted by Gasteiger charge is -2.41. The molecule has 27 heavy (non-hydrogen) atoms. The number of nitrogens with zero attached hydrogens (tertiary/aromatic N) is 5. The van der Waals surface area contributed by atoms with Gasteiger partial charge in [-0.2, -0.15) is 0 Å². The van der Waals surface area contributed by atoms with E-state index in [0.717, 1.165) is 49.2 Å². The number of imidazole rings is 1. The maximum Gasteiger partial charge on any atom is 0.216 e. The van der Waals surface area contributed by atoms with E-state index in [1.54, 1.807) is 18.4 Å². The summed E-state index contributed by atoms with van der Waals surface area (Å²) in [6.45, 7) is 3.19. The van der Waals surface area contributed by atoms with Crippen molar-refractivity contribution in [3.63, 3.8) is 0 Å². The molecule has 0 bridgehead atoms. The van der Waals surface area contributed by atoms with Crippen molar-refractivity contribution in [3.05, 3.63) is 46.7 Å². The number of nitrogens with one attached hydrogen (secondary N) is 1. The smallest absolute Gasteiger partial charge is 0.216 e. The van der Waals surface area contributed by atoms with Crippen molar-refractivity contribution in [1.82, 2.24) is 19.8 Å². The molecule has 1 atom stereocenters. The molecule has 1 N–H and O–H groups in total. The maximum absolute atomic E-state index is 5.19. The van der Waals surface area contributed by atoms with Crippen LogP contribution in [0.2, 0.25) is 0 Å². The molecule has 0 fully saturated rings. The van der Waals surface area contributed by atoms with Gasteiger partial charge in [0.05, 0.1) is 24.4 Å². The van der Waals surface area contributed by atoms with Crippen molar-refractivity contribution < 1.29 is 4.74 Å². The van der Waals surface area contributed by atoms with Gasteiger partial charge in [0.15, 0.2) is 0 Å². The fourth-order valence-corrected chi connectivity index (χ4v) is 4.49. The largest absolute Gasteiger partial charge is 0.385 e. The van der Waals surface area contributed by atoms with Crippen molar-refractivity contribution in [2.75, 3.05) is 38.5 Å². The Labute approximate surface area is 161 Å². The van der Waals surface area contributed by atoms with Gasteiger partial charge in [-0.3, -0.25) is 14.4 Å². The Balaban J connectivity index is 1.56. The highest BCUT2D eigenvalue weighted by Crippen LogP contribution is 2.35. The van der Waals surface area contributed by atoms with E-state index in [-0.39, 0.29) is 6.17 Å². The first-order chi connectivity index (χ1) is 13.3. The van der Waals surface area contributed by atoms with E-state index < -0.39 is 0 Å². The van der Waals surface area contributed by atoms with Crippen molar-refractivity contribution in [2.45, 2.75) is 12.6 Å². The van der Waals surface area contributed by atoms with Gasteiger partial charge in [0.25, 0.3) is 0 Å². The van der Waals surface area contributed by atoms with Crippen LogP contribution in [0.4, 0.5) is 5.95 Å². The molecule has 0 spiro atoms. The lowest BCUT2D eigenvalue weighted by Crippen LogP contribution is -2.57. The molecule has 140 valence electrons. The van der Waals surface area contributed by atoms with Crippen LogP contribution in [0.15, 0.2) is 46.8 Å². The van der Waals surface area contributed by atoms with E-state index in [9.17, 15) is 0 Å². The summed E-state index contributed by atoms with van der Waals surface area (Å²) >= 11 is 1.75. The van der Waals surface area contributed by atoms with Gasteiger partial charge in [-0.1, -0.05) is 18.2 Å². The van der Waals surface area contributed by atoms with Gasteiger partial charge in [-0.25, -0.2) is 9.98 Å². The van der Waals surface area contributed by atoms with Crippen LogP contribution < -0.4 is 10.2 Å². The Hall–Kier alpha value is -2.42. The summed E-state index contributed by atoms with van der Waals surface area (Å²) in [6.07, 6.45) is 1.01. The Morgan fingerprint density at radius 1 is 1.26 bits per heavy atom. The summed E-state index contributed by atoms with van der Waals surface area (Å²) in [7, 11) is 1.74. The van der Waals surface area contributed by atoms with Crippen molar-refractivity contribution in [2.24, 2.45) is 4.99 Å². The molecular weight excluding hydrogens is 360 g/mol. The van der Waals surface area contributed by atoms with Crippen LogP contribution in [0, 0.1) is 0 Å². The monoisotopic (exact) mass is 382 g/mol. The molecule has 0 unspecified atom stereocenters. The number of hydrogen-bond acceptors (Lipinski definition) is 7. The predicted molar refractivity (Wildman–Crippen MR) is 108 cm³/mol. The Bertz CT molecular complexity index is 966. The predicted octanol–water partition coefficient (Wildman–Crippen LogP) is 2.68. The Kier molecular flexibility index (Phi) is 4.31. The number of guanidine groups is 1. The van der Waals surface area contributed by atoms with Gasteiger partial charge in [0.2, 0.25) is 11.9 Å². The van der Waals surface area contributed by atoms with Crippen molar-refractivity contribution >= 4 is 34.3 Å².